The van der Waals surface area contributed by atoms with Crippen LogP contribution < -0.4 is 20.5 Å². The number of nitrogens with one attached hydrogen (secondary N) is 1. The summed E-state index contributed by atoms with van der Waals surface area (Å²) in [5, 5.41) is 1.64. The lowest BCUT2D eigenvalue weighted by Crippen LogP contribution is -2.25. The Hall–Kier alpha value is -3.69. The van der Waals surface area contributed by atoms with Crippen molar-refractivity contribution in [2.24, 2.45) is 7.05 Å². The molecule has 1 unspecified atom stereocenters. The monoisotopic (exact) mass is 538 g/mol. The van der Waals surface area contributed by atoms with Gasteiger partial charge in [0, 0.05) is 18.8 Å². The first-order valence-corrected chi connectivity index (χ1v) is 12.4. The van der Waals surface area contributed by atoms with E-state index in [-0.39, 0.29) is 28.8 Å². The summed E-state index contributed by atoms with van der Waals surface area (Å²) in [7, 11) is 1.95. The van der Waals surface area contributed by atoms with Crippen molar-refractivity contribution in [1.82, 2.24) is 14.9 Å². The standard InChI is InChI=1S/C27H26N4O4S.ClH/c1-15-10-20(11-16(2)25(15)28)35-19-8-9-21-22(13-19)31(3)24(29-21)14-34-18-6-4-17(5-7-18)12-23-26(32)30-27(33)36-23;/h4-11,13,23H,12,14,28H2,1-3H3,(H,30,32,33);1H. The van der Waals surface area contributed by atoms with Crippen molar-refractivity contribution in [2.75, 3.05) is 5.73 Å². The predicted molar refractivity (Wildman–Crippen MR) is 148 cm³/mol. The molecule has 10 heteroatoms. The lowest BCUT2D eigenvalue weighted by Gasteiger charge is -2.11. The average Bonchev–Trinajstić information content (AvgIpc) is 3.34. The van der Waals surface area contributed by atoms with Crippen LogP contribution in [0.4, 0.5) is 10.5 Å². The number of hydrogen-bond acceptors (Lipinski definition) is 7. The first kappa shape index (κ1) is 26.4. The number of halogens is 1. The van der Waals surface area contributed by atoms with E-state index in [0.29, 0.717) is 24.5 Å². The summed E-state index contributed by atoms with van der Waals surface area (Å²) in [6.07, 6.45) is 0.493. The van der Waals surface area contributed by atoms with Gasteiger partial charge in [-0.1, -0.05) is 23.9 Å². The fourth-order valence-corrected chi connectivity index (χ4v) is 5.01. The second kappa shape index (κ2) is 10.7. The molecule has 1 fully saturated rings. The van der Waals surface area contributed by atoms with E-state index in [1.54, 1.807) is 0 Å². The van der Waals surface area contributed by atoms with E-state index < -0.39 is 0 Å². The van der Waals surface area contributed by atoms with Crippen LogP contribution in [0.1, 0.15) is 22.5 Å². The maximum atomic E-state index is 11.8. The normalized spacial score (nSPS) is 14.9. The van der Waals surface area contributed by atoms with Crippen LogP contribution >= 0.6 is 24.2 Å². The molecule has 0 saturated carbocycles. The van der Waals surface area contributed by atoms with Crippen LogP contribution in [-0.4, -0.2) is 25.9 Å². The van der Waals surface area contributed by atoms with Gasteiger partial charge < -0.3 is 19.8 Å². The molecule has 8 nitrogen and oxygen atoms in total. The number of aryl methyl sites for hydroxylation is 3. The van der Waals surface area contributed by atoms with Gasteiger partial charge in [-0.15, -0.1) is 12.4 Å². The van der Waals surface area contributed by atoms with Crippen LogP contribution in [-0.2, 0) is 24.9 Å². The van der Waals surface area contributed by atoms with E-state index in [4.69, 9.17) is 20.2 Å². The minimum Gasteiger partial charge on any atom is -0.486 e. The zero-order valence-corrected chi connectivity index (χ0v) is 22.2. The SMILES string of the molecule is Cc1cc(Oc2ccc3nc(COc4ccc(CC5SC(=O)NC5=O)cc4)n(C)c3c2)cc(C)c1N.Cl. The number of carbonyl (C=O) groups excluding carboxylic acids is 2. The summed E-state index contributed by atoms with van der Waals surface area (Å²) in [5.74, 6) is 2.70. The van der Waals surface area contributed by atoms with Crippen LogP contribution in [0, 0.1) is 13.8 Å². The Balaban J connectivity index is 0.00000320. The Kier molecular flexibility index (Phi) is 7.65. The first-order chi connectivity index (χ1) is 17.3. The Morgan fingerprint density at radius 1 is 1.00 bits per heavy atom. The van der Waals surface area contributed by atoms with Gasteiger partial charge >= 0.3 is 0 Å². The molecule has 37 heavy (non-hydrogen) atoms. The molecule has 1 aromatic heterocycles. The largest absolute Gasteiger partial charge is 0.486 e. The van der Waals surface area contributed by atoms with Gasteiger partial charge in [-0.25, -0.2) is 4.98 Å². The molecule has 3 N–H and O–H groups in total. The summed E-state index contributed by atoms with van der Waals surface area (Å²) in [6, 6.07) is 17.2. The molecule has 1 saturated heterocycles. The highest BCUT2D eigenvalue weighted by Gasteiger charge is 2.31. The highest BCUT2D eigenvalue weighted by Crippen LogP contribution is 2.30. The Morgan fingerprint density at radius 2 is 1.68 bits per heavy atom. The smallest absolute Gasteiger partial charge is 0.286 e. The highest BCUT2D eigenvalue weighted by atomic mass is 35.5. The van der Waals surface area contributed by atoms with Gasteiger partial charge in [0.1, 0.15) is 29.7 Å². The summed E-state index contributed by atoms with van der Waals surface area (Å²) >= 11 is 1.03. The molecule has 192 valence electrons. The van der Waals surface area contributed by atoms with Crippen molar-refractivity contribution in [3.63, 3.8) is 0 Å². The third-order valence-electron chi connectivity index (χ3n) is 6.23. The van der Waals surface area contributed by atoms with Crippen molar-refractivity contribution in [3.05, 3.63) is 77.1 Å². The van der Waals surface area contributed by atoms with Crippen molar-refractivity contribution in [2.45, 2.75) is 32.1 Å². The topological polar surface area (TPSA) is 108 Å². The van der Waals surface area contributed by atoms with Gasteiger partial charge in [-0.3, -0.25) is 14.9 Å². The molecular weight excluding hydrogens is 512 g/mol. The van der Waals surface area contributed by atoms with Crippen LogP contribution in [0.5, 0.6) is 17.2 Å². The number of nitrogen functional groups attached to an aromatic ring is 1. The zero-order valence-electron chi connectivity index (χ0n) is 20.6. The third-order valence-corrected chi connectivity index (χ3v) is 7.21. The molecule has 2 amide bonds. The number of imide groups is 1. The highest BCUT2D eigenvalue weighted by molar-refractivity contribution is 8.15. The lowest BCUT2D eigenvalue weighted by atomic mass is 10.1. The zero-order chi connectivity index (χ0) is 25.4. The Bertz CT molecular complexity index is 1460. The summed E-state index contributed by atoms with van der Waals surface area (Å²) in [4.78, 5) is 27.8. The van der Waals surface area contributed by atoms with Crippen LogP contribution in [0.25, 0.3) is 11.0 Å². The molecule has 1 atom stereocenters. The quantitative estimate of drug-likeness (QED) is 0.301. The molecule has 1 aliphatic rings. The van der Waals surface area contributed by atoms with E-state index in [1.165, 1.54) is 0 Å². The number of hydrogen-bond donors (Lipinski definition) is 2. The number of benzene rings is 3. The van der Waals surface area contributed by atoms with E-state index in [0.717, 1.165) is 56.7 Å². The van der Waals surface area contributed by atoms with Gasteiger partial charge in [0.25, 0.3) is 5.24 Å². The number of aromatic nitrogens is 2. The predicted octanol–water partition coefficient (Wildman–Crippen LogP) is 5.46. The maximum absolute atomic E-state index is 11.8. The second-order valence-corrected chi connectivity index (χ2v) is 10.0. The van der Waals surface area contributed by atoms with Crippen molar-refractivity contribution < 1.29 is 19.1 Å². The number of ether oxygens (including phenoxy) is 2. The number of nitrogens with zero attached hydrogens (tertiary/aromatic N) is 2. The summed E-state index contributed by atoms with van der Waals surface area (Å²) in [5.41, 5.74) is 11.6. The van der Waals surface area contributed by atoms with E-state index >= 15 is 0 Å². The molecule has 1 aliphatic heterocycles. The summed E-state index contributed by atoms with van der Waals surface area (Å²) < 4.78 is 14.0. The first-order valence-electron chi connectivity index (χ1n) is 11.5. The number of rotatable bonds is 7. The number of fused-ring (bicyclic) bond motifs is 1. The molecular formula is C27H27ClN4O4S. The van der Waals surface area contributed by atoms with Gasteiger partial charge in [0.2, 0.25) is 5.91 Å². The van der Waals surface area contributed by atoms with E-state index in [9.17, 15) is 9.59 Å². The maximum Gasteiger partial charge on any atom is 0.286 e. The van der Waals surface area contributed by atoms with Crippen LogP contribution in [0.3, 0.4) is 0 Å². The van der Waals surface area contributed by atoms with Crippen molar-refractivity contribution in [1.29, 1.82) is 0 Å². The van der Waals surface area contributed by atoms with Crippen LogP contribution in [0.2, 0.25) is 0 Å². The number of anilines is 1. The van der Waals surface area contributed by atoms with Gasteiger partial charge in [-0.2, -0.15) is 0 Å². The fraction of sp³-hybridized carbons (Fsp3) is 0.222. The molecule has 5 rings (SSSR count). The van der Waals surface area contributed by atoms with Gasteiger partial charge in [-0.05, 0) is 73.4 Å². The van der Waals surface area contributed by atoms with E-state index in [1.807, 2.05) is 80.1 Å². The molecule has 0 spiro atoms. The number of thioether (sulfide) groups is 1. The van der Waals surface area contributed by atoms with E-state index in [2.05, 4.69) is 5.32 Å². The van der Waals surface area contributed by atoms with Crippen molar-refractivity contribution in [3.8, 4) is 17.2 Å². The number of carbonyl (C=O) groups is 2. The average molecular weight is 539 g/mol. The van der Waals surface area contributed by atoms with Gasteiger partial charge in [0.15, 0.2) is 0 Å². The fourth-order valence-electron chi connectivity index (χ4n) is 4.15. The molecule has 0 bridgehead atoms. The molecule has 2 heterocycles. The number of amides is 2. The Labute approximate surface area is 224 Å². The number of imidazole rings is 1. The Morgan fingerprint density at radius 3 is 2.32 bits per heavy atom. The minimum absolute atomic E-state index is 0. The molecule has 0 aliphatic carbocycles. The summed E-state index contributed by atoms with van der Waals surface area (Å²) in [6.45, 7) is 4.23. The lowest BCUT2D eigenvalue weighted by molar-refractivity contribution is -0.118. The van der Waals surface area contributed by atoms with Gasteiger partial charge in [0.05, 0.1) is 16.3 Å². The number of nitrogens with two attached hydrogens (primary N) is 1. The second-order valence-electron chi connectivity index (χ2n) is 8.83. The minimum atomic E-state index is -0.383. The van der Waals surface area contributed by atoms with Crippen molar-refractivity contribution >= 4 is 52.0 Å². The molecule has 3 aromatic carbocycles. The molecule has 4 aromatic rings. The molecule has 0 radical (unpaired) electrons. The third kappa shape index (κ3) is 5.68. The van der Waals surface area contributed by atoms with Crippen LogP contribution in [0.15, 0.2) is 54.6 Å².